The van der Waals surface area contributed by atoms with Crippen molar-refractivity contribution in [3.63, 3.8) is 0 Å². The number of fused-ring (bicyclic) bond motifs is 1. The molecule has 0 aromatic carbocycles. The molecule has 2 aliphatic heterocycles. The van der Waals surface area contributed by atoms with E-state index in [1.165, 1.54) is 0 Å². The van der Waals surface area contributed by atoms with Gasteiger partial charge in [0.05, 0.1) is 0 Å². The predicted octanol–water partition coefficient (Wildman–Crippen LogP) is -1.31. The molecule has 0 aromatic rings. The minimum absolute atomic E-state index is 0.374. The van der Waals surface area contributed by atoms with Crippen LogP contribution in [0, 0.1) is 0 Å². The summed E-state index contributed by atoms with van der Waals surface area (Å²) in [4.78, 5) is 4.46. The zero-order valence-corrected chi connectivity index (χ0v) is 8.20. The summed E-state index contributed by atoms with van der Waals surface area (Å²) in [5, 5.41) is 7.53. The second-order valence-corrected chi connectivity index (χ2v) is 3.95. The number of hydrogen-bond acceptors (Lipinski definition) is 5. The fourth-order valence-corrected chi connectivity index (χ4v) is 1.85. The molecule has 0 aliphatic carbocycles. The van der Waals surface area contributed by atoms with Crippen molar-refractivity contribution >= 4 is 6.34 Å². The van der Waals surface area contributed by atoms with Crippen molar-refractivity contribution in [3.05, 3.63) is 0 Å². The Morgan fingerprint density at radius 2 is 2.46 bits per heavy atom. The van der Waals surface area contributed by atoms with Gasteiger partial charge in [0.15, 0.2) is 0 Å². The van der Waals surface area contributed by atoms with Gasteiger partial charge in [-0.3, -0.25) is 5.43 Å². The molecule has 1 fully saturated rings. The SMILES string of the molecule is CN(C)CC1CN2C=NNC2CN1. The molecule has 0 aromatic heterocycles. The van der Waals surface area contributed by atoms with Crippen molar-refractivity contribution < 1.29 is 0 Å². The van der Waals surface area contributed by atoms with E-state index in [1.807, 2.05) is 6.34 Å². The molecule has 2 N–H and O–H groups in total. The summed E-state index contributed by atoms with van der Waals surface area (Å²) in [5.41, 5.74) is 3.05. The van der Waals surface area contributed by atoms with E-state index >= 15 is 0 Å². The van der Waals surface area contributed by atoms with Crippen LogP contribution in [0.4, 0.5) is 0 Å². The van der Waals surface area contributed by atoms with E-state index in [-0.39, 0.29) is 0 Å². The van der Waals surface area contributed by atoms with Crippen LogP contribution in [0.1, 0.15) is 0 Å². The van der Waals surface area contributed by atoms with Gasteiger partial charge in [-0.25, -0.2) is 0 Å². The summed E-state index contributed by atoms with van der Waals surface area (Å²) in [7, 11) is 4.20. The Kier molecular flexibility index (Phi) is 2.37. The second kappa shape index (κ2) is 3.51. The summed E-state index contributed by atoms with van der Waals surface area (Å²) in [6, 6.07) is 0.553. The van der Waals surface area contributed by atoms with Crippen LogP contribution in [0.2, 0.25) is 0 Å². The predicted molar refractivity (Wildman–Crippen MR) is 52.5 cm³/mol. The van der Waals surface area contributed by atoms with E-state index in [0.29, 0.717) is 12.2 Å². The normalized spacial score (nSPS) is 32.1. The summed E-state index contributed by atoms with van der Waals surface area (Å²) in [5.74, 6) is 0. The third-order valence-electron chi connectivity index (χ3n) is 2.45. The minimum Gasteiger partial charge on any atom is -0.337 e. The average Bonchev–Trinajstić information content (AvgIpc) is 2.49. The summed E-state index contributed by atoms with van der Waals surface area (Å²) in [6.45, 7) is 3.09. The van der Waals surface area contributed by atoms with Gasteiger partial charge in [0.1, 0.15) is 12.5 Å². The van der Waals surface area contributed by atoms with Gasteiger partial charge < -0.3 is 15.1 Å². The number of likely N-dealkylation sites (N-methyl/N-ethyl adjacent to an activating group) is 1. The molecule has 0 radical (unpaired) electrons. The maximum atomic E-state index is 4.04. The van der Waals surface area contributed by atoms with E-state index in [1.54, 1.807) is 0 Å². The maximum Gasteiger partial charge on any atom is 0.128 e. The highest BCUT2D eigenvalue weighted by Crippen LogP contribution is 2.06. The van der Waals surface area contributed by atoms with Crippen LogP contribution >= 0.6 is 0 Å². The van der Waals surface area contributed by atoms with Crippen LogP contribution in [0.3, 0.4) is 0 Å². The largest absolute Gasteiger partial charge is 0.337 e. The Morgan fingerprint density at radius 1 is 1.62 bits per heavy atom. The highest BCUT2D eigenvalue weighted by molar-refractivity contribution is 5.57. The van der Waals surface area contributed by atoms with Gasteiger partial charge in [-0.15, -0.1) is 0 Å². The lowest BCUT2D eigenvalue weighted by Crippen LogP contribution is -2.59. The first-order valence-electron chi connectivity index (χ1n) is 4.68. The molecule has 0 saturated carbocycles. The smallest absolute Gasteiger partial charge is 0.128 e. The lowest BCUT2D eigenvalue weighted by molar-refractivity contribution is 0.187. The number of piperazine rings is 1. The first-order chi connectivity index (χ1) is 6.25. The number of rotatable bonds is 2. The van der Waals surface area contributed by atoms with Crippen LogP contribution in [0.15, 0.2) is 5.10 Å². The van der Waals surface area contributed by atoms with Gasteiger partial charge >= 0.3 is 0 Å². The zero-order chi connectivity index (χ0) is 9.26. The highest BCUT2D eigenvalue weighted by atomic mass is 15.5. The van der Waals surface area contributed by atoms with Crippen molar-refractivity contribution in [3.8, 4) is 0 Å². The van der Waals surface area contributed by atoms with E-state index in [2.05, 4.69) is 39.7 Å². The van der Waals surface area contributed by atoms with E-state index in [9.17, 15) is 0 Å². The van der Waals surface area contributed by atoms with Crippen molar-refractivity contribution in [2.75, 3.05) is 33.7 Å². The second-order valence-electron chi connectivity index (χ2n) is 3.95. The Hall–Kier alpha value is -0.810. The molecule has 2 rings (SSSR count). The van der Waals surface area contributed by atoms with Gasteiger partial charge in [-0.1, -0.05) is 0 Å². The Balaban J connectivity index is 1.86. The first-order valence-corrected chi connectivity index (χ1v) is 4.68. The van der Waals surface area contributed by atoms with Gasteiger partial charge in [0.2, 0.25) is 0 Å². The van der Waals surface area contributed by atoms with Crippen molar-refractivity contribution in [1.82, 2.24) is 20.5 Å². The van der Waals surface area contributed by atoms with Gasteiger partial charge in [0.25, 0.3) is 0 Å². The number of hydrogen-bond donors (Lipinski definition) is 2. The van der Waals surface area contributed by atoms with Crippen LogP contribution in [0.25, 0.3) is 0 Å². The summed E-state index contributed by atoms with van der Waals surface area (Å²) in [6.07, 6.45) is 2.27. The lowest BCUT2D eigenvalue weighted by Gasteiger charge is -2.36. The van der Waals surface area contributed by atoms with Crippen LogP contribution in [-0.2, 0) is 0 Å². The number of nitrogens with zero attached hydrogens (tertiary/aromatic N) is 3. The topological polar surface area (TPSA) is 42.9 Å². The molecule has 5 heteroatoms. The third-order valence-corrected chi connectivity index (χ3v) is 2.45. The van der Waals surface area contributed by atoms with Gasteiger partial charge in [-0.2, -0.15) is 5.10 Å². The molecule has 2 unspecified atom stereocenters. The Labute approximate surface area is 78.8 Å². The van der Waals surface area contributed by atoms with Crippen molar-refractivity contribution in [1.29, 1.82) is 0 Å². The molecule has 2 aliphatic rings. The van der Waals surface area contributed by atoms with E-state index in [4.69, 9.17) is 0 Å². The fraction of sp³-hybridized carbons (Fsp3) is 0.875. The van der Waals surface area contributed by atoms with Gasteiger partial charge in [-0.05, 0) is 14.1 Å². The third kappa shape index (κ3) is 1.92. The summed E-state index contributed by atoms with van der Waals surface area (Å²) < 4.78 is 0. The molecular formula is C8H17N5. The maximum absolute atomic E-state index is 4.04. The molecule has 0 amide bonds. The molecule has 5 nitrogen and oxygen atoms in total. The number of nitrogens with one attached hydrogen (secondary N) is 2. The van der Waals surface area contributed by atoms with Crippen LogP contribution < -0.4 is 10.7 Å². The molecule has 74 valence electrons. The van der Waals surface area contributed by atoms with E-state index < -0.39 is 0 Å². The van der Waals surface area contributed by atoms with E-state index in [0.717, 1.165) is 19.6 Å². The molecule has 0 bridgehead atoms. The molecule has 13 heavy (non-hydrogen) atoms. The van der Waals surface area contributed by atoms with Crippen molar-refractivity contribution in [2.45, 2.75) is 12.2 Å². The minimum atomic E-state index is 0.374. The quantitative estimate of drug-likeness (QED) is 0.558. The lowest BCUT2D eigenvalue weighted by atomic mass is 10.2. The fourth-order valence-electron chi connectivity index (χ4n) is 1.85. The molecule has 2 atom stereocenters. The zero-order valence-electron chi connectivity index (χ0n) is 8.20. The van der Waals surface area contributed by atoms with Gasteiger partial charge in [0, 0.05) is 25.7 Å². The molecule has 0 spiro atoms. The molecule has 1 saturated heterocycles. The highest BCUT2D eigenvalue weighted by Gasteiger charge is 2.28. The summed E-state index contributed by atoms with van der Waals surface area (Å²) >= 11 is 0. The van der Waals surface area contributed by atoms with Crippen molar-refractivity contribution in [2.24, 2.45) is 5.10 Å². The van der Waals surface area contributed by atoms with Crippen LogP contribution in [0.5, 0.6) is 0 Å². The Morgan fingerprint density at radius 3 is 3.23 bits per heavy atom. The monoisotopic (exact) mass is 183 g/mol. The van der Waals surface area contributed by atoms with Crippen LogP contribution in [-0.4, -0.2) is 62.1 Å². The average molecular weight is 183 g/mol. The first kappa shape index (κ1) is 8.77. The standard InChI is InChI=1S/C8H17N5/c1-12(2)4-7-5-13-6-10-11-8(13)3-9-7/h6-9,11H,3-5H2,1-2H3. The molecular weight excluding hydrogens is 166 g/mol. The Bertz CT molecular complexity index is 203. The number of hydrazone groups is 1. The molecule has 2 heterocycles.